The van der Waals surface area contributed by atoms with Gasteiger partial charge in [-0.2, -0.15) is 0 Å². The molecule has 588 valence electrons. The molecule has 0 aliphatic rings. The van der Waals surface area contributed by atoms with Crippen molar-refractivity contribution in [3.05, 3.63) is 0 Å². The molecule has 0 bridgehead atoms. The molecule has 0 saturated carbocycles. The molecule has 0 heterocycles. The van der Waals surface area contributed by atoms with E-state index in [-0.39, 0.29) is 25.7 Å². The first-order valence-electron chi connectivity index (χ1n) is 41.5. The molecule has 0 aromatic rings. The first-order valence-corrected chi connectivity index (χ1v) is 44.5. The van der Waals surface area contributed by atoms with Gasteiger partial charge in [0, 0.05) is 25.7 Å². The summed E-state index contributed by atoms with van der Waals surface area (Å²) >= 11 is 0. The van der Waals surface area contributed by atoms with Crippen LogP contribution >= 0.6 is 15.6 Å². The molecule has 17 nitrogen and oxygen atoms in total. The van der Waals surface area contributed by atoms with E-state index in [4.69, 9.17) is 37.0 Å². The first-order chi connectivity index (χ1) is 47.9. The highest BCUT2D eigenvalue weighted by Gasteiger charge is 2.30. The molecule has 0 saturated heterocycles. The molecule has 0 aliphatic heterocycles. The summed E-state index contributed by atoms with van der Waals surface area (Å²) in [4.78, 5) is 72.9. The highest BCUT2D eigenvalue weighted by Crippen LogP contribution is 2.45. The summed E-state index contributed by atoms with van der Waals surface area (Å²) in [5, 5.41) is 10.6. The van der Waals surface area contributed by atoms with Crippen LogP contribution in [0.2, 0.25) is 0 Å². The van der Waals surface area contributed by atoms with Gasteiger partial charge in [0.25, 0.3) is 0 Å². The van der Waals surface area contributed by atoms with Crippen molar-refractivity contribution in [3.8, 4) is 0 Å². The van der Waals surface area contributed by atoms with Crippen molar-refractivity contribution < 1.29 is 80.2 Å². The monoisotopic (exact) mass is 1450 g/mol. The predicted molar refractivity (Wildman–Crippen MR) is 405 cm³/mol. The van der Waals surface area contributed by atoms with Gasteiger partial charge in [0.05, 0.1) is 26.4 Å². The van der Waals surface area contributed by atoms with Crippen LogP contribution in [0.15, 0.2) is 0 Å². The summed E-state index contributed by atoms with van der Waals surface area (Å²) in [6.45, 7) is 9.63. The van der Waals surface area contributed by atoms with Crippen LogP contribution in [0.25, 0.3) is 0 Å². The third kappa shape index (κ3) is 74.1. The maximum Gasteiger partial charge on any atom is 0.472 e. The zero-order chi connectivity index (χ0) is 72.8. The average Bonchev–Trinajstić information content (AvgIpc) is 1.05. The minimum atomic E-state index is -4.96. The third-order valence-corrected chi connectivity index (χ3v) is 20.6. The van der Waals surface area contributed by atoms with Crippen molar-refractivity contribution in [2.45, 2.75) is 439 Å². The zero-order valence-electron chi connectivity index (χ0n) is 64.8. The Kier molecular flexibility index (Phi) is 70.3. The van der Waals surface area contributed by atoms with E-state index in [9.17, 15) is 43.2 Å². The second-order valence-electron chi connectivity index (χ2n) is 29.8. The molecule has 0 rings (SSSR count). The number of phosphoric acid groups is 2. The fourth-order valence-electron chi connectivity index (χ4n) is 12.4. The highest BCUT2D eigenvalue weighted by atomic mass is 31.2. The number of aliphatic hydroxyl groups is 1. The summed E-state index contributed by atoms with van der Waals surface area (Å²) in [5.74, 6) is -0.528. The van der Waals surface area contributed by atoms with E-state index in [1.165, 1.54) is 225 Å². The average molecular weight is 1450 g/mol. The number of aliphatic hydroxyl groups excluding tert-OH is 1. The van der Waals surface area contributed by atoms with Crippen LogP contribution in [-0.2, 0) is 65.4 Å². The van der Waals surface area contributed by atoms with Crippen LogP contribution < -0.4 is 0 Å². The molecule has 0 radical (unpaired) electrons. The van der Waals surface area contributed by atoms with Gasteiger partial charge < -0.3 is 33.8 Å². The molecular weight excluding hydrogens is 1290 g/mol. The predicted octanol–water partition coefficient (Wildman–Crippen LogP) is 23.9. The van der Waals surface area contributed by atoms with E-state index >= 15 is 0 Å². The van der Waals surface area contributed by atoms with Gasteiger partial charge in [-0.1, -0.05) is 369 Å². The third-order valence-electron chi connectivity index (χ3n) is 18.7. The number of rotatable bonds is 79. The van der Waals surface area contributed by atoms with Gasteiger partial charge in [0.1, 0.15) is 19.3 Å². The van der Waals surface area contributed by atoms with Crippen molar-refractivity contribution in [3.63, 3.8) is 0 Å². The summed E-state index contributed by atoms with van der Waals surface area (Å²) < 4.78 is 68.6. The Balaban J connectivity index is 5.18. The van der Waals surface area contributed by atoms with Crippen LogP contribution in [0.3, 0.4) is 0 Å². The van der Waals surface area contributed by atoms with Crippen LogP contribution in [0, 0.1) is 11.8 Å². The fourth-order valence-corrected chi connectivity index (χ4v) is 13.9. The number of ether oxygens (including phenoxy) is 4. The summed E-state index contributed by atoms with van der Waals surface area (Å²) in [6, 6.07) is 0. The largest absolute Gasteiger partial charge is 0.472 e. The number of phosphoric ester groups is 2. The van der Waals surface area contributed by atoms with E-state index in [1.807, 2.05) is 0 Å². The summed E-state index contributed by atoms with van der Waals surface area (Å²) in [5.41, 5.74) is 0. The van der Waals surface area contributed by atoms with Crippen LogP contribution in [0.1, 0.15) is 420 Å². The van der Waals surface area contributed by atoms with Crippen LogP contribution in [0.5, 0.6) is 0 Å². The second kappa shape index (κ2) is 71.7. The molecule has 0 amide bonds. The van der Waals surface area contributed by atoms with Gasteiger partial charge in [-0.3, -0.25) is 37.3 Å². The van der Waals surface area contributed by atoms with E-state index in [1.54, 1.807) is 0 Å². The fraction of sp³-hybridized carbons (Fsp3) is 0.950. The Bertz CT molecular complexity index is 1910. The van der Waals surface area contributed by atoms with Crippen molar-refractivity contribution in [1.82, 2.24) is 0 Å². The Labute approximate surface area is 607 Å². The lowest BCUT2D eigenvalue weighted by Gasteiger charge is -2.21. The van der Waals surface area contributed by atoms with Gasteiger partial charge in [0.2, 0.25) is 0 Å². The molecule has 99 heavy (non-hydrogen) atoms. The lowest BCUT2D eigenvalue weighted by molar-refractivity contribution is -0.161. The van der Waals surface area contributed by atoms with Crippen molar-refractivity contribution in [1.29, 1.82) is 0 Å². The van der Waals surface area contributed by atoms with Gasteiger partial charge in [-0.15, -0.1) is 0 Å². The second-order valence-corrected chi connectivity index (χ2v) is 32.7. The number of carbonyl (C=O) groups excluding carboxylic acids is 4. The van der Waals surface area contributed by atoms with E-state index in [0.717, 1.165) is 115 Å². The molecular formula is C80H156O17P2. The normalized spacial score (nSPS) is 13.9. The highest BCUT2D eigenvalue weighted by molar-refractivity contribution is 7.47. The lowest BCUT2D eigenvalue weighted by atomic mass is 10.0. The Hall–Kier alpha value is -1.94. The molecule has 3 N–H and O–H groups in total. The molecule has 0 aromatic carbocycles. The van der Waals surface area contributed by atoms with Crippen molar-refractivity contribution >= 4 is 39.5 Å². The van der Waals surface area contributed by atoms with Crippen LogP contribution in [-0.4, -0.2) is 96.7 Å². The van der Waals surface area contributed by atoms with E-state index in [0.29, 0.717) is 25.7 Å². The number of hydrogen-bond donors (Lipinski definition) is 3. The molecule has 0 fully saturated rings. The van der Waals surface area contributed by atoms with Crippen LogP contribution in [0.4, 0.5) is 0 Å². The van der Waals surface area contributed by atoms with Gasteiger partial charge in [-0.05, 0) is 37.5 Å². The summed E-state index contributed by atoms with van der Waals surface area (Å²) in [7, 11) is -9.91. The molecule has 0 aromatic heterocycles. The van der Waals surface area contributed by atoms with Gasteiger partial charge >= 0.3 is 39.5 Å². The lowest BCUT2D eigenvalue weighted by Crippen LogP contribution is -2.30. The molecule has 19 heteroatoms. The van der Waals surface area contributed by atoms with Crippen molar-refractivity contribution in [2.24, 2.45) is 11.8 Å². The summed E-state index contributed by atoms with van der Waals surface area (Å²) in [6.07, 6.45) is 61.2. The molecule has 0 aliphatic carbocycles. The maximum absolute atomic E-state index is 13.1. The van der Waals surface area contributed by atoms with Gasteiger partial charge in [0.15, 0.2) is 12.2 Å². The molecule has 2 unspecified atom stereocenters. The quantitative estimate of drug-likeness (QED) is 0.0222. The topological polar surface area (TPSA) is 237 Å². The molecule has 0 spiro atoms. The Morgan fingerprint density at radius 3 is 0.687 bits per heavy atom. The smallest absolute Gasteiger partial charge is 0.462 e. The number of unbranched alkanes of at least 4 members (excludes halogenated alkanes) is 49. The number of carbonyl (C=O) groups is 4. The minimum absolute atomic E-state index is 0.107. The molecule has 5 atom stereocenters. The number of esters is 4. The van der Waals surface area contributed by atoms with E-state index < -0.39 is 97.5 Å². The van der Waals surface area contributed by atoms with Crippen molar-refractivity contribution in [2.75, 3.05) is 39.6 Å². The maximum atomic E-state index is 13.1. The number of hydrogen-bond acceptors (Lipinski definition) is 15. The van der Waals surface area contributed by atoms with E-state index in [2.05, 4.69) is 41.5 Å². The zero-order valence-corrected chi connectivity index (χ0v) is 66.6. The minimum Gasteiger partial charge on any atom is -0.462 e. The van der Waals surface area contributed by atoms with Gasteiger partial charge in [-0.25, -0.2) is 9.13 Å². The first kappa shape index (κ1) is 97.1. The Morgan fingerprint density at radius 1 is 0.273 bits per heavy atom. The SMILES string of the molecule is CCCCCCCCCCCCCCCCCCCCCC(=O)O[C@H](COC(=O)CCCCCCCCCCCCCCCCC(C)C)COP(=O)(O)OC[C@@H](O)COP(=O)(O)OC[C@@H](COC(=O)CCCCCCCCC)OC(=O)CCCCCCCCCCCCCCCC(C)C. The Morgan fingerprint density at radius 2 is 0.465 bits per heavy atom. The standard InChI is InChI=1S/C80H156O17P2/c1-7-9-11-13-15-16-17-18-19-20-21-22-23-30-35-40-46-52-58-64-80(85)97-76(69-91-78(83)63-57-51-45-39-34-29-25-24-27-32-37-43-48-54-60-72(3)4)71-95-99(88,89)93-67-74(81)66-92-98(86,87)94-70-75(68-90-77(82)62-56-50-42-14-12-10-8-2)96-79(84)65-59-53-47-41-36-31-26-28-33-38-44-49-55-61-73(5)6/h72-76,81H,7-71H2,1-6H3,(H,86,87)(H,88,89)/t74-,75+,76+/m0/s1.